The molecule has 0 unspecified atom stereocenters. The van der Waals surface area contributed by atoms with E-state index in [1.807, 2.05) is 6.20 Å². The van der Waals surface area contributed by atoms with E-state index in [9.17, 15) is 0 Å². The first-order valence-corrected chi connectivity index (χ1v) is 8.08. The second kappa shape index (κ2) is 7.25. The lowest BCUT2D eigenvalue weighted by molar-refractivity contribution is 0.372. The lowest BCUT2D eigenvalue weighted by atomic mass is 9.97. The Labute approximate surface area is 124 Å². The Bertz CT molecular complexity index is 402. The van der Waals surface area contributed by atoms with Gasteiger partial charge in [0.05, 0.1) is 4.47 Å². The third kappa shape index (κ3) is 3.93. The molecule has 0 spiro atoms. The van der Waals surface area contributed by atoms with Gasteiger partial charge >= 0.3 is 0 Å². The van der Waals surface area contributed by atoms with E-state index in [-0.39, 0.29) is 0 Å². The predicted molar refractivity (Wildman–Crippen MR) is 84.8 cm³/mol. The van der Waals surface area contributed by atoms with Crippen LogP contribution >= 0.6 is 15.9 Å². The minimum absolute atomic E-state index is 0.794. The molecule has 0 aromatic carbocycles. The molecule has 4 heteroatoms. The van der Waals surface area contributed by atoms with E-state index in [1.165, 1.54) is 18.4 Å². The zero-order valence-electron chi connectivity index (χ0n) is 12.0. The Kier molecular flexibility index (Phi) is 5.64. The summed E-state index contributed by atoms with van der Waals surface area (Å²) in [5.74, 6) is 1.90. The second-order valence-electron chi connectivity index (χ2n) is 5.40. The molecule has 0 atom stereocenters. The molecule has 1 aliphatic rings. The van der Waals surface area contributed by atoms with Crippen LogP contribution in [-0.2, 0) is 0 Å². The third-order valence-corrected chi connectivity index (χ3v) is 4.77. The highest BCUT2D eigenvalue weighted by Gasteiger charge is 2.19. The molecular formula is C15H24BrN3. The molecule has 0 saturated carbocycles. The number of rotatable bonds is 5. The van der Waals surface area contributed by atoms with E-state index in [0.29, 0.717) is 0 Å². The van der Waals surface area contributed by atoms with Crippen LogP contribution in [0.4, 0.5) is 5.82 Å². The van der Waals surface area contributed by atoms with Crippen molar-refractivity contribution < 1.29 is 0 Å². The van der Waals surface area contributed by atoms with Crippen molar-refractivity contribution >= 4 is 21.7 Å². The number of halogens is 1. The van der Waals surface area contributed by atoms with E-state index in [2.05, 4.69) is 51.0 Å². The zero-order chi connectivity index (χ0) is 13.7. The molecule has 1 N–H and O–H groups in total. The Hall–Kier alpha value is -0.610. The Morgan fingerprint density at radius 2 is 2.16 bits per heavy atom. The first kappa shape index (κ1) is 14.8. The van der Waals surface area contributed by atoms with Crippen LogP contribution in [0.2, 0.25) is 0 Å². The predicted octanol–water partition coefficient (Wildman–Crippen LogP) is 3.37. The molecule has 1 aromatic heterocycles. The van der Waals surface area contributed by atoms with Gasteiger partial charge < -0.3 is 10.2 Å². The van der Waals surface area contributed by atoms with Gasteiger partial charge in [-0.1, -0.05) is 6.92 Å². The molecule has 1 saturated heterocycles. The molecule has 0 radical (unpaired) electrons. The van der Waals surface area contributed by atoms with Crippen LogP contribution in [0.25, 0.3) is 0 Å². The lowest BCUT2D eigenvalue weighted by Crippen LogP contribution is -2.37. The van der Waals surface area contributed by atoms with Crippen LogP contribution < -0.4 is 10.2 Å². The fraction of sp³-hybridized carbons (Fsp3) is 0.667. The molecular weight excluding hydrogens is 302 g/mol. The molecule has 3 nitrogen and oxygen atoms in total. The highest BCUT2D eigenvalue weighted by molar-refractivity contribution is 9.10. The summed E-state index contributed by atoms with van der Waals surface area (Å²) in [7, 11) is 0. The summed E-state index contributed by atoms with van der Waals surface area (Å²) in [6, 6.07) is 2.06. The maximum Gasteiger partial charge on any atom is 0.143 e. The number of aryl methyl sites for hydroxylation is 1. The minimum atomic E-state index is 0.794. The van der Waals surface area contributed by atoms with Gasteiger partial charge in [-0.25, -0.2) is 4.98 Å². The fourth-order valence-corrected chi connectivity index (χ4v) is 3.16. The van der Waals surface area contributed by atoms with Crippen LogP contribution in [0.3, 0.4) is 0 Å². The largest absolute Gasteiger partial charge is 0.355 e. The first-order valence-electron chi connectivity index (χ1n) is 7.29. The molecule has 19 heavy (non-hydrogen) atoms. The summed E-state index contributed by atoms with van der Waals surface area (Å²) in [6.07, 6.45) is 5.64. The molecule has 1 aliphatic heterocycles. The van der Waals surface area contributed by atoms with Gasteiger partial charge in [0, 0.05) is 19.3 Å². The monoisotopic (exact) mass is 325 g/mol. The number of hydrogen-bond donors (Lipinski definition) is 1. The Morgan fingerprint density at radius 3 is 2.84 bits per heavy atom. The van der Waals surface area contributed by atoms with Crippen molar-refractivity contribution in [1.82, 2.24) is 10.3 Å². The van der Waals surface area contributed by atoms with Crippen LogP contribution in [0.5, 0.6) is 0 Å². The van der Waals surface area contributed by atoms with E-state index < -0.39 is 0 Å². The van der Waals surface area contributed by atoms with Crippen molar-refractivity contribution in [2.75, 3.05) is 31.1 Å². The van der Waals surface area contributed by atoms with Crippen molar-refractivity contribution in [3.8, 4) is 0 Å². The SMILES string of the molecule is CCCN(CC1CCNCC1)c1nccc(C)c1Br. The smallest absolute Gasteiger partial charge is 0.143 e. The van der Waals surface area contributed by atoms with E-state index in [0.717, 1.165) is 48.8 Å². The molecule has 0 bridgehead atoms. The van der Waals surface area contributed by atoms with Crippen molar-refractivity contribution in [3.05, 3.63) is 22.3 Å². The zero-order valence-corrected chi connectivity index (χ0v) is 13.5. The molecule has 1 aromatic rings. The number of anilines is 1. The van der Waals surface area contributed by atoms with E-state index in [1.54, 1.807) is 0 Å². The highest BCUT2D eigenvalue weighted by atomic mass is 79.9. The average molecular weight is 326 g/mol. The van der Waals surface area contributed by atoms with Gasteiger partial charge in [-0.05, 0) is 72.8 Å². The summed E-state index contributed by atoms with van der Waals surface area (Å²) in [5.41, 5.74) is 1.26. The number of piperidine rings is 1. The Balaban J connectivity index is 2.11. The summed E-state index contributed by atoms with van der Waals surface area (Å²) in [5, 5.41) is 3.44. The highest BCUT2D eigenvalue weighted by Crippen LogP contribution is 2.28. The molecule has 0 aliphatic carbocycles. The first-order chi connectivity index (χ1) is 9.22. The van der Waals surface area contributed by atoms with Crippen molar-refractivity contribution in [1.29, 1.82) is 0 Å². The molecule has 2 rings (SSSR count). The molecule has 2 heterocycles. The van der Waals surface area contributed by atoms with Gasteiger partial charge in [-0.2, -0.15) is 0 Å². The van der Waals surface area contributed by atoms with Gasteiger partial charge in [-0.3, -0.25) is 0 Å². The summed E-state index contributed by atoms with van der Waals surface area (Å²) >= 11 is 3.70. The number of aromatic nitrogens is 1. The lowest BCUT2D eigenvalue weighted by Gasteiger charge is -2.31. The summed E-state index contributed by atoms with van der Waals surface area (Å²) < 4.78 is 1.15. The van der Waals surface area contributed by atoms with Crippen LogP contribution in [-0.4, -0.2) is 31.2 Å². The van der Waals surface area contributed by atoms with Gasteiger partial charge in [0.1, 0.15) is 5.82 Å². The number of hydrogen-bond acceptors (Lipinski definition) is 3. The van der Waals surface area contributed by atoms with Crippen LogP contribution in [0.15, 0.2) is 16.7 Å². The van der Waals surface area contributed by atoms with Gasteiger partial charge in [0.25, 0.3) is 0 Å². The van der Waals surface area contributed by atoms with Crippen LogP contribution in [0, 0.1) is 12.8 Å². The van der Waals surface area contributed by atoms with Gasteiger partial charge in [0.2, 0.25) is 0 Å². The van der Waals surface area contributed by atoms with E-state index in [4.69, 9.17) is 0 Å². The second-order valence-corrected chi connectivity index (χ2v) is 6.20. The third-order valence-electron chi connectivity index (χ3n) is 3.79. The van der Waals surface area contributed by atoms with Crippen molar-refractivity contribution in [2.24, 2.45) is 5.92 Å². The Morgan fingerprint density at radius 1 is 1.42 bits per heavy atom. The molecule has 1 fully saturated rings. The van der Waals surface area contributed by atoms with E-state index >= 15 is 0 Å². The minimum Gasteiger partial charge on any atom is -0.355 e. The fourth-order valence-electron chi connectivity index (χ4n) is 2.68. The standard InChI is InChI=1S/C15H24BrN3/c1-3-10-19(11-13-5-7-17-8-6-13)15-14(16)12(2)4-9-18-15/h4,9,13,17H,3,5-8,10-11H2,1-2H3. The number of nitrogens with zero attached hydrogens (tertiary/aromatic N) is 2. The molecule has 106 valence electrons. The maximum absolute atomic E-state index is 4.59. The van der Waals surface area contributed by atoms with Gasteiger partial charge in [0.15, 0.2) is 0 Å². The number of nitrogens with one attached hydrogen (secondary N) is 1. The average Bonchev–Trinajstić information content (AvgIpc) is 2.43. The maximum atomic E-state index is 4.59. The summed E-state index contributed by atoms with van der Waals surface area (Å²) in [4.78, 5) is 7.04. The number of pyridine rings is 1. The summed E-state index contributed by atoms with van der Waals surface area (Å²) in [6.45, 7) is 8.90. The van der Waals surface area contributed by atoms with Gasteiger partial charge in [-0.15, -0.1) is 0 Å². The normalized spacial score (nSPS) is 16.6. The quantitative estimate of drug-likeness (QED) is 0.899. The topological polar surface area (TPSA) is 28.2 Å². The van der Waals surface area contributed by atoms with Crippen LogP contribution in [0.1, 0.15) is 31.7 Å². The van der Waals surface area contributed by atoms with Crippen molar-refractivity contribution in [2.45, 2.75) is 33.1 Å². The molecule has 0 amide bonds. The van der Waals surface area contributed by atoms with Crippen molar-refractivity contribution in [3.63, 3.8) is 0 Å².